The van der Waals surface area contributed by atoms with E-state index in [0.717, 1.165) is 15.7 Å². The van der Waals surface area contributed by atoms with E-state index in [1.807, 2.05) is 19.3 Å². The number of carboxylic acids is 1. The third-order valence-electron chi connectivity index (χ3n) is 2.76. The van der Waals surface area contributed by atoms with Crippen molar-refractivity contribution in [2.75, 3.05) is 5.32 Å². The number of nitrogens with one attached hydrogen (secondary N) is 1. The topological polar surface area (TPSA) is 87.0 Å². The summed E-state index contributed by atoms with van der Waals surface area (Å²) in [6.07, 6.45) is 1.43. The van der Waals surface area contributed by atoms with Gasteiger partial charge in [0.15, 0.2) is 0 Å². The van der Waals surface area contributed by atoms with Crippen LogP contribution in [0.15, 0.2) is 34.9 Å². The van der Waals surface area contributed by atoms with Crippen LogP contribution < -0.4 is 10.4 Å². The minimum Gasteiger partial charge on any atom is -0.550 e. The summed E-state index contributed by atoms with van der Waals surface area (Å²) >= 11 is 3.43. The largest absolute Gasteiger partial charge is 0.550 e. The Balaban J connectivity index is 2.13. The first-order chi connectivity index (χ1) is 9.95. The summed E-state index contributed by atoms with van der Waals surface area (Å²) in [5.74, 6) is -1.60. The minimum atomic E-state index is -1.24. The average molecular weight is 351 g/mol. The Morgan fingerprint density at radius 2 is 2.14 bits per heavy atom. The lowest BCUT2D eigenvalue weighted by molar-refractivity contribution is -0.305. The van der Waals surface area contributed by atoms with Crippen LogP contribution in [0.5, 0.6) is 0 Å². The smallest absolute Gasteiger partial charge is 0.224 e. The Hall–Kier alpha value is -2.15. The zero-order valence-corrected chi connectivity index (χ0v) is 12.9. The molecule has 1 aromatic heterocycles. The van der Waals surface area contributed by atoms with Gasteiger partial charge in [0, 0.05) is 36.9 Å². The molecule has 1 amide bonds. The van der Waals surface area contributed by atoms with Crippen molar-refractivity contribution in [1.82, 2.24) is 9.78 Å². The van der Waals surface area contributed by atoms with E-state index < -0.39 is 5.97 Å². The number of carbonyl (C=O) groups excluding carboxylic acids is 2. The number of carbonyl (C=O) groups is 2. The molecule has 0 fully saturated rings. The molecule has 1 heterocycles. The van der Waals surface area contributed by atoms with Gasteiger partial charge in [0.05, 0.1) is 4.47 Å². The van der Waals surface area contributed by atoms with Gasteiger partial charge < -0.3 is 15.2 Å². The number of rotatable bonds is 5. The number of aryl methyl sites for hydroxylation is 1. The number of amides is 1. The molecule has 7 heteroatoms. The Labute approximate surface area is 129 Å². The van der Waals surface area contributed by atoms with Gasteiger partial charge in [-0.2, -0.15) is 5.10 Å². The van der Waals surface area contributed by atoms with Crippen LogP contribution in [-0.2, 0) is 16.6 Å². The van der Waals surface area contributed by atoms with Gasteiger partial charge >= 0.3 is 0 Å². The molecule has 6 nitrogen and oxygen atoms in total. The van der Waals surface area contributed by atoms with Gasteiger partial charge in [0.2, 0.25) is 5.91 Å². The van der Waals surface area contributed by atoms with Crippen molar-refractivity contribution < 1.29 is 14.7 Å². The molecule has 0 bridgehead atoms. The predicted octanol–water partition coefficient (Wildman–Crippen LogP) is 1.32. The molecule has 0 unspecified atom stereocenters. The van der Waals surface area contributed by atoms with Crippen LogP contribution in [-0.4, -0.2) is 21.7 Å². The van der Waals surface area contributed by atoms with Crippen LogP contribution in [0.3, 0.4) is 0 Å². The van der Waals surface area contributed by atoms with Crippen molar-refractivity contribution in [3.05, 3.63) is 34.9 Å². The van der Waals surface area contributed by atoms with Gasteiger partial charge in [-0.1, -0.05) is 12.1 Å². The number of carboxylic acid groups (broad SMARTS) is 1. The Morgan fingerprint density at radius 1 is 1.38 bits per heavy atom. The monoisotopic (exact) mass is 350 g/mol. The van der Waals surface area contributed by atoms with Crippen LogP contribution in [0, 0.1) is 0 Å². The average Bonchev–Trinajstić information content (AvgIpc) is 2.76. The van der Waals surface area contributed by atoms with E-state index in [9.17, 15) is 14.7 Å². The van der Waals surface area contributed by atoms with Crippen LogP contribution in [0.25, 0.3) is 11.3 Å². The van der Waals surface area contributed by atoms with Crippen LogP contribution in [0.2, 0.25) is 0 Å². The SMILES string of the molecule is Cn1cc(Br)c(-c2cccc(NC(=O)CCC(=O)[O-])c2)n1. The van der Waals surface area contributed by atoms with Gasteiger partial charge in [-0.3, -0.25) is 9.48 Å². The fourth-order valence-electron chi connectivity index (χ4n) is 1.84. The summed E-state index contributed by atoms with van der Waals surface area (Å²) in [4.78, 5) is 21.9. The summed E-state index contributed by atoms with van der Waals surface area (Å²) in [6.45, 7) is 0. The quantitative estimate of drug-likeness (QED) is 0.880. The van der Waals surface area contributed by atoms with Gasteiger partial charge in [0.25, 0.3) is 0 Å². The molecule has 0 saturated carbocycles. The number of anilines is 1. The second kappa shape index (κ2) is 6.53. The zero-order valence-electron chi connectivity index (χ0n) is 11.3. The van der Waals surface area contributed by atoms with Crippen molar-refractivity contribution in [2.45, 2.75) is 12.8 Å². The molecule has 0 spiro atoms. The third kappa shape index (κ3) is 4.16. The Bertz CT molecular complexity index is 682. The highest BCUT2D eigenvalue weighted by molar-refractivity contribution is 9.10. The maximum absolute atomic E-state index is 11.6. The summed E-state index contributed by atoms with van der Waals surface area (Å²) in [5, 5.41) is 17.3. The van der Waals surface area contributed by atoms with Gasteiger partial charge in [-0.05, 0) is 34.5 Å². The number of hydrogen-bond acceptors (Lipinski definition) is 4. The summed E-state index contributed by atoms with van der Waals surface area (Å²) in [6, 6.07) is 7.19. The first-order valence-electron chi connectivity index (χ1n) is 6.25. The Kier molecular flexibility index (Phi) is 4.74. The highest BCUT2D eigenvalue weighted by atomic mass is 79.9. The van der Waals surface area contributed by atoms with Gasteiger partial charge in [0.1, 0.15) is 5.69 Å². The molecule has 0 aliphatic heterocycles. The molecule has 1 N–H and O–H groups in total. The Morgan fingerprint density at radius 3 is 2.76 bits per heavy atom. The molecule has 0 saturated heterocycles. The number of benzene rings is 1. The fourth-order valence-corrected chi connectivity index (χ4v) is 2.44. The number of hydrogen-bond donors (Lipinski definition) is 1. The number of aliphatic carboxylic acids is 1. The summed E-state index contributed by atoms with van der Waals surface area (Å²) in [7, 11) is 1.82. The van der Waals surface area contributed by atoms with Crippen LogP contribution in [0.1, 0.15) is 12.8 Å². The molecule has 0 aliphatic carbocycles. The van der Waals surface area contributed by atoms with Crippen molar-refractivity contribution in [2.24, 2.45) is 7.05 Å². The molecular weight excluding hydrogens is 338 g/mol. The second-order valence-electron chi connectivity index (χ2n) is 4.50. The number of nitrogens with zero attached hydrogens (tertiary/aromatic N) is 2. The standard InChI is InChI=1S/C14H14BrN3O3/c1-18-8-11(15)14(17-18)9-3-2-4-10(7-9)16-12(19)5-6-13(20)21/h2-4,7-8H,5-6H2,1H3,(H,16,19)(H,20,21)/p-1. The second-order valence-corrected chi connectivity index (χ2v) is 5.35. The van der Waals surface area contributed by atoms with E-state index in [1.165, 1.54) is 0 Å². The van der Waals surface area contributed by atoms with E-state index in [0.29, 0.717) is 5.69 Å². The molecule has 2 aromatic rings. The third-order valence-corrected chi connectivity index (χ3v) is 3.34. The van der Waals surface area contributed by atoms with Crippen molar-refractivity contribution in [3.8, 4) is 11.3 Å². The van der Waals surface area contributed by atoms with Crippen molar-refractivity contribution in [1.29, 1.82) is 0 Å². The molecule has 0 atom stereocenters. The van der Waals surface area contributed by atoms with Crippen molar-refractivity contribution >= 4 is 33.5 Å². The molecule has 0 radical (unpaired) electrons. The molecule has 0 aliphatic rings. The van der Waals surface area contributed by atoms with E-state index in [4.69, 9.17) is 0 Å². The zero-order chi connectivity index (χ0) is 15.4. The normalized spacial score (nSPS) is 10.4. The molecular formula is C14H13BrN3O3-. The lowest BCUT2D eigenvalue weighted by atomic mass is 10.1. The predicted molar refractivity (Wildman–Crippen MR) is 79.2 cm³/mol. The first-order valence-corrected chi connectivity index (χ1v) is 7.04. The highest BCUT2D eigenvalue weighted by Crippen LogP contribution is 2.28. The number of halogens is 1. The molecule has 110 valence electrons. The minimum absolute atomic E-state index is 0.111. The number of aromatic nitrogens is 2. The lowest BCUT2D eigenvalue weighted by Crippen LogP contribution is -2.24. The molecule has 2 rings (SSSR count). The first kappa shape index (κ1) is 15.2. The van der Waals surface area contributed by atoms with E-state index in [2.05, 4.69) is 26.3 Å². The van der Waals surface area contributed by atoms with E-state index in [-0.39, 0.29) is 18.7 Å². The van der Waals surface area contributed by atoms with E-state index in [1.54, 1.807) is 22.9 Å². The highest BCUT2D eigenvalue weighted by Gasteiger charge is 2.09. The maximum atomic E-state index is 11.6. The maximum Gasteiger partial charge on any atom is 0.224 e. The van der Waals surface area contributed by atoms with Crippen molar-refractivity contribution in [3.63, 3.8) is 0 Å². The molecule has 21 heavy (non-hydrogen) atoms. The summed E-state index contributed by atoms with van der Waals surface area (Å²) < 4.78 is 2.54. The fraction of sp³-hybridized carbons (Fsp3) is 0.214. The van der Waals surface area contributed by atoms with Gasteiger partial charge in [-0.15, -0.1) is 0 Å². The van der Waals surface area contributed by atoms with Crippen LogP contribution >= 0.6 is 15.9 Å². The van der Waals surface area contributed by atoms with E-state index >= 15 is 0 Å². The van der Waals surface area contributed by atoms with Gasteiger partial charge in [-0.25, -0.2) is 0 Å². The summed E-state index contributed by atoms with van der Waals surface area (Å²) in [5.41, 5.74) is 2.21. The lowest BCUT2D eigenvalue weighted by Gasteiger charge is -2.07. The van der Waals surface area contributed by atoms with Crippen LogP contribution in [0.4, 0.5) is 5.69 Å². The molecule has 1 aromatic carbocycles.